The quantitative estimate of drug-likeness (QED) is 0.824. The fraction of sp³-hybridized carbons (Fsp3) is 0.667. The molecule has 0 bridgehead atoms. The van der Waals surface area contributed by atoms with Crippen molar-refractivity contribution in [2.75, 3.05) is 13.7 Å². The zero-order valence-electron chi connectivity index (χ0n) is 12.7. The van der Waals surface area contributed by atoms with Crippen molar-refractivity contribution in [2.45, 2.75) is 52.3 Å². The Bertz CT molecular complexity index is 357. The van der Waals surface area contributed by atoms with Gasteiger partial charge in [-0.1, -0.05) is 0 Å². The van der Waals surface area contributed by atoms with Crippen molar-refractivity contribution in [3.63, 3.8) is 0 Å². The molecule has 4 nitrogen and oxygen atoms in total. The molecule has 0 aromatic carbocycles. The Hall–Kier alpha value is -1.13. The van der Waals surface area contributed by atoms with Gasteiger partial charge in [-0.15, -0.1) is 0 Å². The predicted molar refractivity (Wildman–Crippen MR) is 77.4 cm³/mol. The van der Waals surface area contributed by atoms with Crippen LogP contribution in [0.2, 0.25) is 0 Å². The predicted octanol–water partition coefficient (Wildman–Crippen LogP) is 2.77. The Morgan fingerprint density at radius 3 is 2.58 bits per heavy atom. The molecule has 0 fully saturated rings. The molecule has 1 atom stereocenters. The highest BCUT2D eigenvalue weighted by Gasteiger charge is 2.09. The zero-order valence-corrected chi connectivity index (χ0v) is 12.7. The number of rotatable bonds is 7. The Morgan fingerprint density at radius 2 is 2.05 bits per heavy atom. The molecule has 1 unspecified atom stereocenters. The third kappa shape index (κ3) is 7.13. The number of methoxy groups -OCH3 is 1. The van der Waals surface area contributed by atoms with E-state index in [0.29, 0.717) is 6.61 Å². The van der Waals surface area contributed by atoms with Crippen LogP contribution in [0.1, 0.15) is 39.8 Å². The minimum Gasteiger partial charge on any atom is -0.489 e. The molecule has 0 saturated heterocycles. The Kier molecular flexibility index (Phi) is 6.25. The first-order valence-corrected chi connectivity index (χ1v) is 6.76. The van der Waals surface area contributed by atoms with Crippen LogP contribution in [0.5, 0.6) is 5.75 Å². The molecule has 1 rings (SSSR count). The number of hydrogen-bond donors (Lipinski definition) is 1. The van der Waals surface area contributed by atoms with E-state index in [2.05, 4.69) is 31.1 Å². The van der Waals surface area contributed by atoms with Crippen LogP contribution in [0, 0.1) is 0 Å². The second-order valence-electron chi connectivity index (χ2n) is 5.80. The van der Waals surface area contributed by atoms with Gasteiger partial charge in [0, 0.05) is 32.2 Å². The summed E-state index contributed by atoms with van der Waals surface area (Å²) in [6, 6.07) is 3.97. The van der Waals surface area contributed by atoms with Gasteiger partial charge in [0.2, 0.25) is 0 Å². The molecule has 1 aromatic rings. The van der Waals surface area contributed by atoms with Gasteiger partial charge < -0.3 is 14.8 Å². The van der Waals surface area contributed by atoms with Crippen LogP contribution in [-0.4, -0.2) is 30.3 Å². The van der Waals surface area contributed by atoms with Gasteiger partial charge in [-0.3, -0.25) is 4.98 Å². The molecule has 4 heteroatoms. The molecule has 108 valence electrons. The average Bonchev–Trinajstić information content (AvgIpc) is 2.34. The van der Waals surface area contributed by atoms with Crippen LogP contribution >= 0.6 is 0 Å². The molecule has 0 saturated carbocycles. The monoisotopic (exact) mass is 266 g/mol. The van der Waals surface area contributed by atoms with Crippen molar-refractivity contribution < 1.29 is 9.47 Å². The van der Waals surface area contributed by atoms with Crippen LogP contribution in [0.3, 0.4) is 0 Å². The van der Waals surface area contributed by atoms with Gasteiger partial charge in [-0.05, 0) is 39.8 Å². The molecule has 0 aliphatic carbocycles. The number of hydrogen-bond acceptors (Lipinski definition) is 4. The first kappa shape index (κ1) is 15.9. The summed E-state index contributed by atoms with van der Waals surface area (Å²) in [5.41, 5.74) is 1.12. The number of ether oxygens (including phenoxy) is 2. The van der Waals surface area contributed by atoms with Crippen LogP contribution in [0.4, 0.5) is 0 Å². The van der Waals surface area contributed by atoms with E-state index in [1.165, 1.54) is 0 Å². The van der Waals surface area contributed by atoms with Crippen molar-refractivity contribution in [2.24, 2.45) is 0 Å². The largest absolute Gasteiger partial charge is 0.489 e. The van der Waals surface area contributed by atoms with Crippen molar-refractivity contribution >= 4 is 0 Å². The minimum absolute atomic E-state index is 0.103. The fourth-order valence-corrected chi connectivity index (χ4v) is 1.52. The Balaban J connectivity index is 2.43. The maximum absolute atomic E-state index is 5.75. The van der Waals surface area contributed by atoms with Crippen LogP contribution < -0.4 is 10.1 Å². The van der Waals surface area contributed by atoms with Gasteiger partial charge >= 0.3 is 0 Å². The van der Waals surface area contributed by atoms with Crippen LogP contribution in [-0.2, 0) is 11.3 Å². The first-order chi connectivity index (χ1) is 8.90. The third-order valence-electron chi connectivity index (χ3n) is 2.66. The van der Waals surface area contributed by atoms with Crippen LogP contribution in [0.25, 0.3) is 0 Å². The third-order valence-corrected chi connectivity index (χ3v) is 2.66. The van der Waals surface area contributed by atoms with Gasteiger partial charge in [0.25, 0.3) is 0 Å². The molecule has 1 heterocycles. The highest BCUT2D eigenvalue weighted by atomic mass is 16.5. The second-order valence-corrected chi connectivity index (χ2v) is 5.80. The summed E-state index contributed by atoms with van der Waals surface area (Å²) < 4.78 is 10.8. The number of aromatic nitrogens is 1. The smallest absolute Gasteiger partial charge is 0.138 e. The number of pyridine rings is 1. The summed E-state index contributed by atoms with van der Waals surface area (Å²) >= 11 is 0. The average molecular weight is 266 g/mol. The molecule has 0 aliphatic rings. The summed E-state index contributed by atoms with van der Waals surface area (Å²) in [5, 5.41) is 3.41. The second kappa shape index (κ2) is 7.46. The maximum atomic E-state index is 5.75. The molecular weight excluding hydrogens is 240 g/mol. The van der Waals surface area contributed by atoms with E-state index in [1.54, 1.807) is 13.3 Å². The lowest BCUT2D eigenvalue weighted by molar-refractivity contribution is 0.135. The molecular formula is C15H26N2O2. The minimum atomic E-state index is 0.103. The summed E-state index contributed by atoms with van der Waals surface area (Å²) in [7, 11) is 1.70. The van der Waals surface area contributed by atoms with Gasteiger partial charge in [0.15, 0.2) is 0 Å². The molecule has 0 amide bonds. The SMILES string of the molecule is COCCC(C)Oc1ccc(CNC(C)(C)C)nc1. The summed E-state index contributed by atoms with van der Waals surface area (Å²) in [4.78, 5) is 4.40. The summed E-state index contributed by atoms with van der Waals surface area (Å²) in [6.07, 6.45) is 2.80. The lowest BCUT2D eigenvalue weighted by Gasteiger charge is -2.20. The first-order valence-electron chi connectivity index (χ1n) is 6.76. The topological polar surface area (TPSA) is 43.4 Å². The van der Waals surface area contributed by atoms with E-state index >= 15 is 0 Å². The lowest BCUT2D eigenvalue weighted by atomic mass is 10.1. The summed E-state index contributed by atoms with van der Waals surface area (Å²) in [5.74, 6) is 0.808. The van der Waals surface area contributed by atoms with E-state index in [9.17, 15) is 0 Å². The number of nitrogens with zero attached hydrogens (tertiary/aromatic N) is 1. The molecule has 1 aromatic heterocycles. The van der Waals surface area contributed by atoms with Gasteiger partial charge in [-0.2, -0.15) is 0 Å². The van der Waals surface area contributed by atoms with E-state index in [4.69, 9.17) is 9.47 Å². The molecule has 0 radical (unpaired) electrons. The van der Waals surface area contributed by atoms with Crippen molar-refractivity contribution in [3.05, 3.63) is 24.0 Å². The standard InChI is InChI=1S/C15H26N2O2/c1-12(8-9-18-5)19-14-7-6-13(16-11-14)10-17-15(2,3)4/h6-7,11-12,17H,8-10H2,1-5H3. The van der Waals surface area contributed by atoms with E-state index < -0.39 is 0 Å². The van der Waals surface area contributed by atoms with Crippen molar-refractivity contribution in [3.8, 4) is 5.75 Å². The zero-order chi connectivity index (χ0) is 14.3. The van der Waals surface area contributed by atoms with Gasteiger partial charge in [0.1, 0.15) is 5.75 Å². The van der Waals surface area contributed by atoms with E-state index in [1.807, 2.05) is 19.1 Å². The van der Waals surface area contributed by atoms with Crippen molar-refractivity contribution in [1.29, 1.82) is 0 Å². The normalized spacial score (nSPS) is 13.3. The van der Waals surface area contributed by atoms with Crippen molar-refractivity contribution in [1.82, 2.24) is 10.3 Å². The highest BCUT2D eigenvalue weighted by Crippen LogP contribution is 2.13. The maximum Gasteiger partial charge on any atom is 0.138 e. The van der Waals surface area contributed by atoms with E-state index in [-0.39, 0.29) is 11.6 Å². The lowest BCUT2D eigenvalue weighted by Crippen LogP contribution is -2.35. The molecule has 0 aliphatic heterocycles. The highest BCUT2D eigenvalue weighted by molar-refractivity contribution is 5.20. The Labute approximate surface area is 116 Å². The van der Waals surface area contributed by atoms with Crippen LogP contribution in [0.15, 0.2) is 18.3 Å². The fourth-order valence-electron chi connectivity index (χ4n) is 1.52. The van der Waals surface area contributed by atoms with E-state index in [0.717, 1.165) is 24.4 Å². The molecule has 0 spiro atoms. The summed E-state index contributed by atoms with van der Waals surface area (Å²) in [6.45, 7) is 9.94. The molecule has 1 N–H and O–H groups in total. The molecule has 19 heavy (non-hydrogen) atoms. The van der Waals surface area contributed by atoms with Gasteiger partial charge in [-0.25, -0.2) is 0 Å². The Morgan fingerprint density at radius 1 is 1.32 bits per heavy atom. The number of nitrogens with one attached hydrogen (secondary N) is 1. The van der Waals surface area contributed by atoms with Gasteiger partial charge in [0.05, 0.1) is 18.0 Å².